The van der Waals surface area contributed by atoms with Crippen molar-refractivity contribution in [1.82, 2.24) is 9.55 Å². The van der Waals surface area contributed by atoms with Crippen LogP contribution in [-0.2, 0) is 17.5 Å². The molecule has 0 saturated heterocycles. The van der Waals surface area contributed by atoms with Crippen molar-refractivity contribution in [3.8, 4) is 0 Å². The Morgan fingerprint density at radius 3 is 2.36 bits per heavy atom. The third kappa shape index (κ3) is 4.01. The summed E-state index contributed by atoms with van der Waals surface area (Å²) >= 11 is 5.78. The van der Waals surface area contributed by atoms with Crippen LogP contribution in [0.5, 0.6) is 0 Å². The fourth-order valence-corrected chi connectivity index (χ4v) is 2.84. The number of benzene rings is 2. The number of hydrogen-bond donors (Lipinski definition) is 1. The maximum absolute atomic E-state index is 13.3. The van der Waals surface area contributed by atoms with Crippen LogP contribution in [0.3, 0.4) is 0 Å². The van der Waals surface area contributed by atoms with Gasteiger partial charge in [0.05, 0.1) is 11.0 Å². The van der Waals surface area contributed by atoms with E-state index in [9.17, 15) is 22.8 Å². The molecule has 0 fully saturated rings. The lowest BCUT2D eigenvalue weighted by atomic mass is 10.1. The fraction of sp³-hybridized carbons (Fsp3) is 0.211. The minimum absolute atomic E-state index is 0.00526. The molecule has 3 rings (SSSR count). The van der Waals surface area contributed by atoms with Crippen LogP contribution in [-0.4, -0.2) is 15.5 Å². The molecule has 2 aromatic carbocycles. The van der Waals surface area contributed by atoms with E-state index in [1.165, 1.54) is 6.07 Å². The molecule has 1 aromatic heterocycles. The molecule has 0 saturated carbocycles. The largest absolute Gasteiger partial charge is 0.438 e. The Bertz CT molecular complexity index is 1120. The van der Waals surface area contributed by atoms with Crippen molar-refractivity contribution in [2.45, 2.75) is 26.6 Å². The number of anilines is 1. The zero-order valence-corrected chi connectivity index (χ0v) is 15.6. The molecule has 0 aliphatic heterocycles. The van der Waals surface area contributed by atoms with E-state index in [2.05, 4.69) is 10.3 Å². The van der Waals surface area contributed by atoms with Crippen molar-refractivity contribution in [2.75, 3.05) is 5.32 Å². The van der Waals surface area contributed by atoms with Crippen molar-refractivity contribution in [3.63, 3.8) is 0 Å². The Balaban J connectivity index is 2.08. The standard InChI is InChI=1S/C19H15ClF3N3O2/c1-10-7-14-15(8-11(10)2)26(18(28)17(25-14)19(21,22)23)9-16(27)24-13-5-3-12(20)4-6-13/h3-8H,9H2,1-2H3,(H,24,27). The van der Waals surface area contributed by atoms with Gasteiger partial charge in [0.25, 0.3) is 5.56 Å². The van der Waals surface area contributed by atoms with Crippen molar-refractivity contribution >= 4 is 34.2 Å². The summed E-state index contributed by atoms with van der Waals surface area (Å²) in [6, 6.07) is 9.21. The first kappa shape index (κ1) is 19.9. The number of rotatable bonds is 3. The number of alkyl halides is 3. The maximum Gasteiger partial charge on any atom is 0.438 e. The van der Waals surface area contributed by atoms with Gasteiger partial charge in [-0.25, -0.2) is 4.98 Å². The molecule has 0 unspecified atom stereocenters. The molecule has 146 valence electrons. The SMILES string of the molecule is Cc1cc2nc(C(F)(F)F)c(=O)n(CC(=O)Nc3ccc(Cl)cc3)c2cc1C. The van der Waals surface area contributed by atoms with E-state index in [1.807, 2.05) is 0 Å². The summed E-state index contributed by atoms with van der Waals surface area (Å²) in [4.78, 5) is 28.3. The summed E-state index contributed by atoms with van der Waals surface area (Å²) in [6.45, 7) is 2.90. The molecule has 0 bridgehead atoms. The van der Waals surface area contributed by atoms with Gasteiger partial charge < -0.3 is 5.32 Å². The molecule has 1 heterocycles. The number of carbonyl (C=O) groups excluding carboxylic acids is 1. The second-order valence-electron chi connectivity index (χ2n) is 6.33. The predicted molar refractivity (Wildman–Crippen MR) is 101 cm³/mol. The first-order valence-electron chi connectivity index (χ1n) is 8.20. The summed E-state index contributed by atoms with van der Waals surface area (Å²) < 4.78 is 40.6. The highest BCUT2D eigenvalue weighted by Crippen LogP contribution is 2.27. The summed E-state index contributed by atoms with van der Waals surface area (Å²) in [5, 5.41) is 3.00. The molecule has 0 aliphatic carbocycles. The van der Waals surface area contributed by atoms with Gasteiger partial charge in [-0.1, -0.05) is 11.6 Å². The highest BCUT2D eigenvalue weighted by atomic mass is 35.5. The maximum atomic E-state index is 13.3. The molecular formula is C19H15ClF3N3O2. The summed E-state index contributed by atoms with van der Waals surface area (Å²) in [7, 11) is 0. The van der Waals surface area contributed by atoms with E-state index in [4.69, 9.17) is 11.6 Å². The number of carbonyl (C=O) groups is 1. The van der Waals surface area contributed by atoms with Crippen LogP contribution in [0.4, 0.5) is 18.9 Å². The summed E-state index contributed by atoms with van der Waals surface area (Å²) in [5.41, 5.74) is -0.869. The van der Waals surface area contributed by atoms with Crippen LogP contribution < -0.4 is 10.9 Å². The van der Waals surface area contributed by atoms with Crippen LogP contribution in [0.2, 0.25) is 5.02 Å². The van der Waals surface area contributed by atoms with Crippen LogP contribution in [0.25, 0.3) is 11.0 Å². The first-order valence-corrected chi connectivity index (χ1v) is 8.58. The number of nitrogens with one attached hydrogen (secondary N) is 1. The average molecular weight is 410 g/mol. The average Bonchev–Trinajstić information content (AvgIpc) is 2.60. The number of amides is 1. The van der Waals surface area contributed by atoms with Crippen molar-refractivity contribution in [3.05, 3.63) is 68.6 Å². The van der Waals surface area contributed by atoms with Gasteiger partial charge in [-0.3, -0.25) is 14.2 Å². The molecule has 0 atom stereocenters. The molecular weight excluding hydrogens is 395 g/mol. The Morgan fingerprint density at radius 2 is 1.75 bits per heavy atom. The second-order valence-corrected chi connectivity index (χ2v) is 6.77. The smallest absolute Gasteiger partial charge is 0.325 e. The van der Waals surface area contributed by atoms with Crippen molar-refractivity contribution < 1.29 is 18.0 Å². The van der Waals surface area contributed by atoms with E-state index in [0.29, 0.717) is 10.7 Å². The molecule has 28 heavy (non-hydrogen) atoms. The van der Waals surface area contributed by atoms with Crippen molar-refractivity contribution in [2.24, 2.45) is 0 Å². The molecule has 1 N–H and O–H groups in total. The van der Waals surface area contributed by atoms with Gasteiger partial charge in [0.1, 0.15) is 6.54 Å². The van der Waals surface area contributed by atoms with Gasteiger partial charge in [-0.15, -0.1) is 0 Å². The van der Waals surface area contributed by atoms with E-state index in [1.54, 1.807) is 44.2 Å². The first-order chi connectivity index (χ1) is 13.1. The summed E-state index contributed by atoms with van der Waals surface area (Å²) in [5.74, 6) is -0.650. The number of fused-ring (bicyclic) bond motifs is 1. The zero-order chi connectivity index (χ0) is 20.6. The lowest BCUT2D eigenvalue weighted by molar-refractivity contribution is -0.142. The lowest BCUT2D eigenvalue weighted by Gasteiger charge is -2.15. The Kier molecular flexibility index (Phi) is 5.16. The van der Waals surface area contributed by atoms with Gasteiger partial charge >= 0.3 is 6.18 Å². The number of aromatic nitrogens is 2. The molecule has 1 amide bonds. The second kappa shape index (κ2) is 7.27. The molecule has 0 aliphatic rings. The van der Waals surface area contributed by atoms with Gasteiger partial charge in [0.2, 0.25) is 11.6 Å². The van der Waals surface area contributed by atoms with Gasteiger partial charge in [0.15, 0.2) is 0 Å². The number of aryl methyl sites for hydroxylation is 2. The van der Waals surface area contributed by atoms with Crippen LogP contribution in [0.15, 0.2) is 41.2 Å². The lowest BCUT2D eigenvalue weighted by Crippen LogP contribution is -2.34. The minimum atomic E-state index is -4.93. The van der Waals surface area contributed by atoms with Crippen LogP contribution in [0, 0.1) is 13.8 Å². The summed E-state index contributed by atoms with van der Waals surface area (Å²) in [6.07, 6.45) is -4.93. The highest BCUT2D eigenvalue weighted by molar-refractivity contribution is 6.30. The topological polar surface area (TPSA) is 64.0 Å². The van der Waals surface area contributed by atoms with Gasteiger partial charge in [-0.2, -0.15) is 13.2 Å². The van der Waals surface area contributed by atoms with E-state index >= 15 is 0 Å². The van der Waals surface area contributed by atoms with E-state index in [0.717, 1.165) is 15.7 Å². The van der Waals surface area contributed by atoms with E-state index in [-0.39, 0.29) is 11.0 Å². The minimum Gasteiger partial charge on any atom is -0.325 e. The highest BCUT2D eigenvalue weighted by Gasteiger charge is 2.37. The molecule has 0 radical (unpaired) electrons. The van der Waals surface area contributed by atoms with Crippen LogP contribution in [0.1, 0.15) is 16.8 Å². The predicted octanol–water partition coefficient (Wildman–Crippen LogP) is 4.32. The zero-order valence-electron chi connectivity index (χ0n) is 14.9. The monoisotopic (exact) mass is 409 g/mol. The van der Waals surface area contributed by atoms with Gasteiger partial charge in [0, 0.05) is 10.7 Å². The fourth-order valence-electron chi connectivity index (χ4n) is 2.72. The Hall–Kier alpha value is -2.87. The van der Waals surface area contributed by atoms with E-state index < -0.39 is 29.9 Å². The Labute approximate surface area is 162 Å². The molecule has 0 spiro atoms. The normalized spacial score (nSPS) is 11.6. The molecule has 3 aromatic rings. The molecule has 9 heteroatoms. The number of halogens is 4. The third-order valence-corrected chi connectivity index (χ3v) is 4.51. The third-order valence-electron chi connectivity index (χ3n) is 4.26. The van der Waals surface area contributed by atoms with Crippen molar-refractivity contribution in [1.29, 1.82) is 0 Å². The molecule has 5 nitrogen and oxygen atoms in total. The quantitative estimate of drug-likeness (QED) is 0.700. The number of hydrogen-bond acceptors (Lipinski definition) is 3. The van der Waals surface area contributed by atoms with Crippen LogP contribution >= 0.6 is 11.6 Å². The Morgan fingerprint density at radius 1 is 1.14 bits per heavy atom. The van der Waals surface area contributed by atoms with Gasteiger partial charge in [-0.05, 0) is 61.4 Å². The number of nitrogens with zero attached hydrogens (tertiary/aromatic N) is 2.